The maximum atomic E-state index is 5.46. The Balaban J connectivity index is 1.94. The lowest BCUT2D eigenvalue weighted by Crippen LogP contribution is -2.01. The third kappa shape index (κ3) is 2.15. The van der Waals surface area contributed by atoms with Crippen LogP contribution in [0.15, 0.2) is 6.20 Å². The van der Waals surface area contributed by atoms with Crippen LogP contribution in [-0.4, -0.2) is 16.5 Å². The highest BCUT2D eigenvalue weighted by Crippen LogP contribution is 2.32. The molecule has 0 atom stereocenters. The van der Waals surface area contributed by atoms with Crippen molar-refractivity contribution in [2.75, 3.05) is 6.54 Å². The largest absolute Gasteiger partial charge is 0.346 e. The number of nitrogens with two attached hydrogens (primary N) is 1. The van der Waals surface area contributed by atoms with Crippen LogP contribution in [0.25, 0.3) is 0 Å². The number of hydrogen-bond acceptors (Lipinski definition) is 2. The summed E-state index contributed by atoms with van der Waals surface area (Å²) < 4.78 is 0. The fraction of sp³-hybridized carbons (Fsp3) is 0.727. The number of nitrogens with one attached hydrogen (secondary N) is 1. The summed E-state index contributed by atoms with van der Waals surface area (Å²) in [7, 11) is 0. The molecule has 1 aliphatic carbocycles. The molecule has 0 amide bonds. The van der Waals surface area contributed by atoms with Crippen LogP contribution in [0.3, 0.4) is 0 Å². The molecule has 0 aromatic carbocycles. The van der Waals surface area contributed by atoms with Gasteiger partial charge in [0.1, 0.15) is 5.82 Å². The quantitative estimate of drug-likeness (QED) is 0.768. The Morgan fingerprint density at radius 3 is 2.93 bits per heavy atom. The van der Waals surface area contributed by atoms with Crippen molar-refractivity contribution in [3.8, 4) is 0 Å². The average molecular weight is 193 g/mol. The lowest BCUT2D eigenvalue weighted by molar-refractivity contribution is 0.696. The lowest BCUT2D eigenvalue weighted by atomic mass is 10.1. The molecule has 1 aromatic heterocycles. The minimum Gasteiger partial charge on any atom is -0.346 e. The summed E-state index contributed by atoms with van der Waals surface area (Å²) in [5, 5.41) is 0. The van der Waals surface area contributed by atoms with Gasteiger partial charge in [0.25, 0.3) is 0 Å². The summed E-state index contributed by atoms with van der Waals surface area (Å²) in [6.45, 7) is 0.749. The molecule has 3 nitrogen and oxygen atoms in total. The number of hydrogen-bond donors (Lipinski definition) is 2. The molecule has 1 aromatic rings. The Hall–Kier alpha value is -0.830. The van der Waals surface area contributed by atoms with Crippen molar-refractivity contribution in [2.45, 2.75) is 44.4 Å². The topological polar surface area (TPSA) is 54.7 Å². The van der Waals surface area contributed by atoms with Gasteiger partial charge in [-0.2, -0.15) is 0 Å². The summed E-state index contributed by atoms with van der Waals surface area (Å²) in [4.78, 5) is 7.81. The normalized spacial score (nSPS) is 17.8. The Labute approximate surface area is 85.1 Å². The highest BCUT2D eigenvalue weighted by atomic mass is 14.9. The molecule has 0 bridgehead atoms. The molecule has 0 radical (unpaired) electrons. The molecule has 2 rings (SSSR count). The van der Waals surface area contributed by atoms with Crippen molar-refractivity contribution in [3.63, 3.8) is 0 Å². The van der Waals surface area contributed by atoms with Crippen molar-refractivity contribution < 1.29 is 0 Å². The average Bonchev–Trinajstić information content (AvgIpc) is 2.85. The minimum absolute atomic E-state index is 0.745. The summed E-state index contributed by atoms with van der Waals surface area (Å²) in [6, 6.07) is 0. The third-order valence-electron chi connectivity index (χ3n) is 3.06. The van der Waals surface area contributed by atoms with Crippen LogP contribution in [0.1, 0.15) is 49.5 Å². The first-order valence-electron chi connectivity index (χ1n) is 5.64. The predicted molar refractivity (Wildman–Crippen MR) is 57.2 cm³/mol. The van der Waals surface area contributed by atoms with Crippen molar-refractivity contribution in [3.05, 3.63) is 17.7 Å². The van der Waals surface area contributed by atoms with Gasteiger partial charge in [0.2, 0.25) is 0 Å². The second kappa shape index (κ2) is 4.60. The third-order valence-corrected chi connectivity index (χ3v) is 3.06. The molecule has 1 fully saturated rings. The van der Waals surface area contributed by atoms with Gasteiger partial charge < -0.3 is 10.7 Å². The number of rotatable bonds is 4. The molecule has 0 aliphatic heterocycles. The Bertz CT molecular complexity index is 274. The monoisotopic (exact) mass is 193 g/mol. The van der Waals surface area contributed by atoms with Crippen molar-refractivity contribution in [1.82, 2.24) is 9.97 Å². The van der Waals surface area contributed by atoms with E-state index in [0.717, 1.165) is 31.1 Å². The maximum Gasteiger partial charge on any atom is 0.106 e. The maximum absolute atomic E-state index is 5.46. The smallest absolute Gasteiger partial charge is 0.106 e. The Morgan fingerprint density at radius 1 is 1.43 bits per heavy atom. The number of H-pyrrole nitrogens is 1. The van der Waals surface area contributed by atoms with Crippen molar-refractivity contribution in [2.24, 2.45) is 5.73 Å². The Kier molecular flexibility index (Phi) is 3.19. The van der Waals surface area contributed by atoms with Gasteiger partial charge in [-0.3, -0.25) is 0 Å². The van der Waals surface area contributed by atoms with Gasteiger partial charge >= 0.3 is 0 Å². The van der Waals surface area contributed by atoms with E-state index in [1.54, 1.807) is 0 Å². The highest BCUT2D eigenvalue weighted by molar-refractivity contribution is 5.09. The molecule has 3 N–H and O–H groups in total. The zero-order valence-electron chi connectivity index (χ0n) is 8.63. The van der Waals surface area contributed by atoms with E-state index >= 15 is 0 Å². The standard InChI is InChI=1S/C11H19N3/c12-7-3-6-11-13-8-10(14-11)9-4-1-2-5-9/h8-9H,1-7,12H2,(H,13,14). The van der Waals surface area contributed by atoms with Crippen molar-refractivity contribution >= 4 is 0 Å². The molecule has 14 heavy (non-hydrogen) atoms. The van der Waals surface area contributed by atoms with Gasteiger partial charge in [0.15, 0.2) is 0 Å². The van der Waals surface area contributed by atoms with E-state index in [0.29, 0.717) is 0 Å². The van der Waals surface area contributed by atoms with E-state index < -0.39 is 0 Å². The number of aromatic amines is 1. The van der Waals surface area contributed by atoms with Crippen LogP contribution in [0.2, 0.25) is 0 Å². The minimum atomic E-state index is 0.745. The predicted octanol–water partition coefficient (Wildman–Crippen LogP) is 1.96. The number of aryl methyl sites for hydroxylation is 1. The van der Waals surface area contributed by atoms with Crippen LogP contribution in [-0.2, 0) is 6.42 Å². The first-order chi connectivity index (χ1) is 6.90. The van der Waals surface area contributed by atoms with Crippen LogP contribution < -0.4 is 5.73 Å². The molecule has 0 spiro atoms. The molecule has 1 aliphatic rings. The van der Waals surface area contributed by atoms with Gasteiger partial charge in [-0.1, -0.05) is 12.8 Å². The highest BCUT2D eigenvalue weighted by Gasteiger charge is 2.18. The molecule has 3 heteroatoms. The van der Waals surface area contributed by atoms with E-state index in [2.05, 4.69) is 9.97 Å². The van der Waals surface area contributed by atoms with Gasteiger partial charge in [-0.25, -0.2) is 4.98 Å². The first-order valence-corrected chi connectivity index (χ1v) is 5.64. The van der Waals surface area contributed by atoms with Crippen LogP contribution in [0, 0.1) is 0 Å². The number of aromatic nitrogens is 2. The van der Waals surface area contributed by atoms with E-state index in [4.69, 9.17) is 5.73 Å². The summed E-state index contributed by atoms with van der Waals surface area (Å²) in [5.41, 5.74) is 6.81. The zero-order valence-corrected chi connectivity index (χ0v) is 8.63. The second-order valence-corrected chi connectivity index (χ2v) is 4.16. The van der Waals surface area contributed by atoms with E-state index in [1.807, 2.05) is 6.20 Å². The molecule has 0 unspecified atom stereocenters. The van der Waals surface area contributed by atoms with E-state index in [-0.39, 0.29) is 0 Å². The molecular weight excluding hydrogens is 174 g/mol. The summed E-state index contributed by atoms with van der Waals surface area (Å²) in [5.74, 6) is 1.85. The molecule has 0 saturated heterocycles. The SMILES string of the molecule is NCCCc1ncc(C2CCCC2)[nH]1. The molecule has 78 valence electrons. The molecular formula is C11H19N3. The van der Waals surface area contributed by atoms with E-state index in [1.165, 1.54) is 31.4 Å². The van der Waals surface area contributed by atoms with Crippen LogP contribution in [0.5, 0.6) is 0 Å². The van der Waals surface area contributed by atoms with Crippen LogP contribution in [0.4, 0.5) is 0 Å². The van der Waals surface area contributed by atoms with Gasteiger partial charge in [-0.05, 0) is 25.8 Å². The number of imidazole rings is 1. The Morgan fingerprint density at radius 2 is 2.21 bits per heavy atom. The van der Waals surface area contributed by atoms with E-state index in [9.17, 15) is 0 Å². The van der Waals surface area contributed by atoms with Gasteiger partial charge in [0.05, 0.1) is 0 Å². The van der Waals surface area contributed by atoms with Crippen LogP contribution >= 0.6 is 0 Å². The molecule has 1 saturated carbocycles. The van der Waals surface area contributed by atoms with Gasteiger partial charge in [-0.15, -0.1) is 0 Å². The summed E-state index contributed by atoms with van der Waals surface area (Å²) >= 11 is 0. The van der Waals surface area contributed by atoms with Gasteiger partial charge in [0, 0.05) is 24.2 Å². The first kappa shape index (κ1) is 9.71. The lowest BCUT2D eigenvalue weighted by Gasteiger charge is -2.04. The second-order valence-electron chi connectivity index (χ2n) is 4.16. The fourth-order valence-corrected chi connectivity index (χ4v) is 2.22. The molecule has 1 heterocycles. The summed E-state index contributed by atoms with van der Waals surface area (Å²) in [6.07, 6.45) is 9.45. The fourth-order valence-electron chi connectivity index (χ4n) is 2.22. The van der Waals surface area contributed by atoms with Crippen molar-refractivity contribution in [1.29, 1.82) is 0 Å². The zero-order chi connectivity index (χ0) is 9.80. The number of nitrogens with zero attached hydrogens (tertiary/aromatic N) is 1.